The third-order valence-electron chi connectivity index (χ3n) is 4.87. The summed E-state index contributed by atoms with van der Waals surface area (Å²) in [5.41, 5.74) is 3.03. The van der Waals surface area contributed by atoms with E-state index in [0.29, 0.717) is 0 Å². The van der Waals surface area contributed by atoms with Crippen molar-refractivity contribution in [3.63, 3.8) is 0 Å². The summed E-state index contributed by atoms with van der Waals surface area (Å²) in [7, 11) is -3.82. The van der Waals surface area contributed by atoms with E-state index in [4.69, 9.17) is 0 Å². The van der Waals surface area contributed by atoms with Gasteiger partial charge in [0.25, 0.3) is 15.9 Å². The molecule has 0 spiro atoms. The Kier molecular flexibility index (Phi) is 5.56. The van der Waals surface area contributed by atoms with Crippen LogP contribution in [-0.4, -0.2) is 31.1 Å². The number of sulfonamides is 1. The molecule has 0 saturated carbocycles. The largest absolute Gasteiger partial charge is 0.326 e. The first-order valence-electron chi connectivity index (χ1n) is 9.29. The second-order valence-corrected chi connectivity index (χ2v) is 9.05. The van der Waals surface area contributed by atoms with E-state index >= 15 is 0 Å². The van der Waals surface area contributed by atoms with Gasteiger partial charge in [-0.05, 0) is 42.5 Å². The molecule has 2 amide bonds. The van der Waals surface area contributed by atoms with Gasteiger partial charge in [0, 0.05) is 18.7 Å². The van der Waals surface area contributed by atoms with Crippen LogP contribution in [0.25, 0.3) is 0 Å². The third kappa shape index (κ3) is 3.67. The molecular formula is C21H24N2O4S. The second-order valence-electron chi connectivity index (χ2n) is 7.22. The third-order valence-corrected chi connectivity index (χ3v) is 6.71. The van der Waals surface area contributed by atoms with Crippen molar-refractivity contribution >= 4 is 27.5 Å². The first-order chi connectivity index (χ1) is 13.2. The van der Waals surface area contributed by atoms with Crippen LogP contribution in [0.4, 0.5) is 5.69 Å². The highest BCUT2D eigenvalue weighted by Crippen LogP contribution is 2.30. The number of benzene rings is 2. The number of nitrogens with zero attached hydrogens (tertiary/aromatic N) is 1. The molecule has 1 N–H and O–H groups in total. The van der Waals surface area contributed by atoms with E-state index < -0.39 is 15.9 Å². The molecular weight excluding hydrogens is 376 g/mol. The molecule has 1 aliphatic rings. The highest BCUT2D eigenvalue weighted by atomic mass is 32.2. The first-order valence-corrected chi connectivity index (χ1v) is 10.7. The van der Waals surface area contributed by atoms with Crippen molar-refractivity contribution in [1.29, 1.82) is 0 Å². The van der Waals surface area contributed by atoms with E-state index in [-0.39, 0.29) is 41.7 Å². The van der Waals surface area contributed by atoms with Crippen molar-refractivity contribution in [3.8, 4) is 0 Å². The Hall–Kier alpha value is -2.67. The van der Waals surface area contributed by atoms with Crippen molar-refractivity contribution in [1.82, 2.24) is 4.31 Å². The zero-order valence-electron chi connectivity index (χ0n) is 16.2. The standard InChI is InChI=1S/C21H24N2O4S/c1-14(2)16-10-6-8-15(3)20(16)22-19(24)12-7-13-23-21(25)17-9-4-5-11-18(17)28(23,26)27/h4-6,8-11,14H,7,12-13H2,1-3H3,(H,22,24). The average molecular weight is 401 g/mol. The number of rotatable bonds is 6. The number of anilines is 1. The number of carbonyl (C=O) groups is 2. The summed E-state index contributed by atoms with van der Waals surface area (Å²) in [5, 5.41) is 2.94. The van der Waals surface area contributed by atoms with Crippen LogP contribution in [0, 0.1) is 6.92 Å². The summed E-state index contributed by atoms with van der Waals surface area (Å²) < 4.78 is 25.9. The summed E-state index contributed by atoms with van der Waals surface area (Å²) >= 11 is 0. The molecule has 0 saturated heterocycles. The number of amides is 2. The normalized spacial score (nSPS) is 15.0. The van der Waals surface area contributed by atoms with Gasteiger partial charge in [0.15, 0.2) is 0 Å². The average Bonchev–Trinajstić information content (AvgIpc) is 2.84. The zero-order valence-corrected chi connectivity index (χ0v) is 17.0. The van der Waals surface area contributed by atoms with Crippen molar-refractivity contribution in [3.05, 3.63) is 59.2 Å². The number of hydrogen-bond donors (Lipinski definition) is 1. The summed E-state index contributed by atoms with van der Waals surface area (Å²) in [4.78, 5) is 24.8. The molecule has 1 heterocycles. The topological polar surface area (TPSA) is 83.6 Å². The predicted molar refractivity (Wildman–Crippen MR) is 108 cm³/mol. The number of hydrogen-bond acceptors (Lipinski definition) is 4. The molecule has 2 aromatic rings. The van der Waals surface area contributed by atoms with Crippen molar-refractivity contribution in [2.45, 2.75) is 44.4 Å². The quantitative estimate of drug-likeness (QED) is 0.802. The van der Waals surface area contributed by atoms with E-state index in [9.17, 15) is 18.0 Å². The lowest BCUT2D eigenvalue weighted by molar-refractivity contribution is -0.116. The molecule has 6 nitrogen and oxygen atoms in total. The van der Waals surface area contributed by atoms with Gasteiger partial charge in [-0.3, -0.25) is 9.59 Å². The van der Waals surface area contributed by atoms with Gasteiger partial charge in [0.1, 0.15) is 4.90 Å². The van der Waals surface area contributed by atoms with Crippen LogP contribution in [-0.2, 0) is 14.8 Å². The highest BCUT2D eigenvalue weighted by molar-refractivity contribution is 7.90. The van der Waals surface area contributed by atoms with Gasteiger partial charge in [0.05, 0.1) is 5.56 Å². The van der Waals surface area contributed by atoms with E-state index in [0.717, 1.165) is 21.1 Å². The maximum atomic E-state index is 12.5. The molecule has 0 atom stereocenters. The van der Waals surface area contributed by atoms with Gasteiger partial charge in [-0.2, -0.15) is 0 Å². The molecule has 28 heavy (non-hydrogen) atoms. The fraction of sp³-hybridized carbons (Fsp3) is 0.333. The van der Waals surface area contributed by atoms with Crippen LogP contribution < -0.4 is 5.32 Å². The number of carbonyl (C=O) groups excluding carboxylic acids is 2. The van der Waals surface area contributed by atoms with E-state index in [1.54, 1.807) is 12.1 Å². The molecule has 0 bridgehead atoms. The van der Waals surface area contributed by atoms with Crippen LogP contribution in [0.3, 0.4) is 0 Å². The molecule has 3 rings (SSSR count). The van der Waals surface area contributed by atoms with Gasteiger partial charge in [0.2, 0.25) is 5.91 Å². The van der Waals surface area contributed by atoms with Gasteiger partial charge in [-0.1, -0.05) is 44.2 Å². The highest BCUT2D eigenvalue weighted by Gasteiger charge is 2.40. The fourth-order valence-electron chi connectivity index (χ4n) is 3.38. The Bertz CT molecular complexity index is 1030. The lowest BCUT2D eigenvalue weighted by Crippen LogP contribution is -2.31. The molecule has 0 fully saturated rings. The molecule has 0 unspecified atom stereocenters. The number of para-hydroxylation sites is 1. The Morgan fingerprint density at radius 1 is 1.11 bits per heavy atom. The van der Waals surface area contributed by atoms with E-state index in [1.807, 2.05) is 25.1 Å². The Morgan fingerprint density at radius 3 is 2.50 bits per heavy atom. The van der Waals surface area contributed by atoms with Gasteiger partial charge in [-0.15, -0.1) is 0 Å². The summed E-state index contributed by atoms with van der Waals surface area (Å²) in [6.07, 6.45) is 0.384. The summed E-state index contributed by atoms with van der Waals surface area (Å²) in [6, 6.07) is 12.1. The number of fused-ring (bicyclic) bond motifs is 1. The van der Waals surface area contributed by atoms with Crippen LogP contribution in [0.5, 0.6) is 0 Å². The second kappa shape index (κ2) is 7.75. The van der Waals surface area contributed by atoms with E-state index in [1.165, 1.54) is 12.1 Å². The molecule has 2 aromatic carbocycles. The fourth-order valence-corrected chi connectivity index (χ4v) is 4.99. The number of aryl methyl sites for hydroxylation is 1. The maximum absolute atomic E-state index is 12.5. The Labute approximate surface area is 165 Å². The van der Waals surface area contributed by atoms with Crippen LogP contribution in [0.2, 0.25) is 0 Å². The maximum Gasteiger partial charge on any atom is 0.269 e. The smallest absolute Gasteiger partial charge is 0.269 e. The van der Waals surface area contributed by atoms with Crippen molar-refractivity contribution in [2.24, 2.45) is 0 Å². The van der Waals surface area contributed by atoms with Crippen LogP contribution in [0.15, 0.2) is 47.4 Å². The monoisotopic (exact) mass is 400 g/mol. The Morgan fingerprint density at radius 2 is 1.82 bits per heavy atom. The Balaban J connectivity index is 1.64. The van der Waals surface area contributed by atoms with Crippen molar-refractivity contribution in [2.75, 3.05) is 11.9 Å². The van der Waals surface area contributed by atoms with Gasteiger partial charge in [-0.25, -0.2) is 12.7 Å². The summed E-state index contributed by atoms with van der Waals surface area (Å²) in [5.74, 6) is -0.462. The summed E-state index contributed by atoms with van der Waals surface area (Å²) in [6.45, 7) is 6.04. The predicted octanol–water partition coefficient (Wildman–Crippen LogP) is 3.68. The first kappa shape index (κ1) is 20.1. The molecule has 0 radical (unpaired) electrons. The SMILES string of the molecule is Cc1cccc(C(C)C)c1NC(=O)CCCN1C(=O)c2ccccc2S1(=O)=O. The lowest BCUT2D eigenvalue weighted by atomic mass is 9.98. The molecule has 7 heteroatoms. The molecule has 148 valence electrons. The molecule has 0 aliphatic carbocycles. The minimum atomic E-state index is -3.82. The minimum Gasteiger partial charge on any atom is -0.326 e. The minimum absolute atomic E-state index is 0.0198. The molecule has 0 aromatic heterocycles. The van der Waals surface area contributed by atoms with Crippen LogP contribution in [0.1, 0.15) is 54.1 Å². The van der Waals surface area contributed by atoms with Crippen LogP contribution >= 0.6 is 0 Å². The lowest BCUT2D eigenvalue weighted by Gasteiger charge is -2.17. The van der Waals surface area contributed by atoms with Gasteiger partial charge < -0.3 is 5.32 Å². The van der Waals surface area contributed by atoms with Crippen molar-refractivity contribution < 1.29 is 18.0 Å². The number of nitrogens with one attached hydrogen (secondary N) is 1. The van der Waals surface area contributed by atoms with Gasteiger partial charge >= 0.3 is 0 Å². The molecule has 1 aliphatic heterocycles. The zero-order chi connectivity index (χ0) is 20.5. The van der Waals surface area contributed by atoms with E-state index in [2.05, 4.69) is 19.2 Å².